The van der Waals surface area contributed by atoms with Crippen molar-refractivity contribution in [1.82, 2.24) is 15.1 Å². The molecule has 0 aliphatic heterocycles. The van der Waals surface area contributed by atoms with Crippen LogP contribution >= 0.6 is 11.3 Å². The number of aryl methyl sites for hydroxylation is 1. The molecule has 130 valence electrons. The summed E-state index contributed by atoms with van der Waals surface area (Å²) < 4.78 is 31.7. The minimum Gasteiger partial charge on any atom is -0.380 e. The lowest BCUT2D eigenvalue weighted by molar-refractivity contribution is -0.122. The number of aromatic nitrogens is 1. The molecule has 10 nitrogen and oxygen atoms in total. The average Bonchev–Trinajstić information content (AvgIpc) is 2.82. The third-order valence-corrected chi connectivity index (χ3v) is 4.97. The number of nitrogens with zero attached hydrogens (tertiary/aromatic N) is 1. The Balaban J connectivity index is 2.48. The van der Waals surface area contributed by atoms with Gasteiger partial charge in [0.1, 0.15) is 0 Å². The van der Waals surface area contributed by atoms with E-state index in [4.69, 9.17) is 10.6 Å². The number of sulfonamides is 1. The highest BCUT2D eigenvalue weighted by Crippen LogP contribution is 2.25. The summed E-state index contributed by atoms with van der Waals surface area (Å²) in [5.74, 6) is 4.21. The van der Waals surface area contributed by atoms with Crippen molar-refractivity contribution in [3.05, 3.63) is 4.88 Å². The van der Waals surface area contributed by atoms with Gasteiger partial charge in [-0.25, -0.2) is 24.0 Å². The van der Waals surface area contributed by atoms with E-state index >= 15 is 0 Å². The van der Waals surface area contributed by atoms with E-state index in [-0.39, 0.29) is 48.2 Å². The highest BCUT2D eigenvalue weighted by atomic mass is 32.2. The Bertz CT molecular complexity index is 658. The Morgan fingerprint density at radius 1 is 1.35 bits per heavy atom. The molecular formula is C11H19N5O5S2. The van der Waals surface area contributed by atoms with Crippen LogP contribution in [-0.4, -0.2) is 45.0 Å². The first-order valence-corrected chi connectivity index (χ1v) is 8.88. The topological polar surface area (TPSA) is 153 Å². The Hall–Kier alpha value is -1.60. The maximum atomic E-state index is 12.1. The van der Waals surface area contributed by atoms with Gasteiger partial charge in [-0.3, -0.25) is 15.0 Å². The molecule has 2 amide bonds. The van der Waals surface area contributed by atoms with Crippen LogP contribution in [0, 0.1) is 6.92 Å². The van der Waals surface area contributed by atoms with Crippen LogP contribution in [0.5, 0.6) is 0 Å². The number of thiazole rings is 1. The molecule has 0 aliphatic rings. The number of carbonyl (C=O) groups is 2. The van der Waals surface area contributed by atoms with Crippen molar-refractivity contribution >= 4 is 38.3 Å². The molecule has 0 aromatic carbocycles. The summed E-state index contributed by atoms with van der Waals surface area (Å²) in [5, 5.41) is 2.53. The number of rotatable bonds is 9. The standard InChI is InChI=1S/C11H19N5O5S2/c1-7-10(15-11(22-7)14-8(2)17)23(19,20)13-4-6-21-5-3-9(18)16-12/h13H,3-6,12H2,1-2H3,(H,16,18)(H,14,15,17). The third kappa shape index (κ3) is 6.58. The van der Waals surface area contributed by atoms with Crippen LogP contribution in [0.25, 0.3) is 0 Å². The van der Waals surface area contributed by atoms with Gasteiger partial charge in [0.2, 0.25) is 11.8 Å². The fraction of sp³-hybridized carbons (Fsp3) is 0.545. The quantitative estimate of drug-likeness (QED) is 0.191. The second-order valence-electron chi connectivity index (χ2n) is 4.39. The van der Waals surface area contributed by atoms with Gasteiger partial charge in [-0.2, -0.15) is 0 Å². The molecule has 0 atom stereocenters. The SMILES string of the molecule is CC(=O)Nc1nc(S(=O)(=O)NCCOCCC(=O)NN)c(C)s1. The van der Waals surface area contributed by atoms with Gasteiger partial charge in [-0.15, -0.1) is 11.3 Å². The predicted molar refractivity (Wildman–Crippen MR) is 84.1 cm³/mol. The van der Waals surface area contributed by atoms with Crippen molar-refractivity contribution in [1.29, 1.82) is 0 Å². The van der Waals surface area contributed by atoms with E-state index in [9.17, 15) is 18.0 Å². The van der Waals surface area contributed by atoms with Crippen molar-refractivity contribution in [2.24, 2.45) is 5.84 Å². The maximum absolute atomic E-state index is 12.1. The fourth-order valence-corrected chi connectivity index (χ4v) is 3.84. The Labute approximate surface area is 137 Å². The van der Waals surface area contributed by atoms with E-state index in [1.807, 2.05) is 5.43 Å². The Kier molecular flexibility index (Phi) is 7.51. The van der Waals surface area contributed by atoms with Crippen molar-refractivity contribution < 1.29 is 22.7 Å². The molecule has 0 saturated heterocycles. The molecule has 5 N–H and O–H groups in total. The minimum absolute atomic E-state index is 0.0268. The van der Waals surface area contributed by atoms with Gasteiger partial charge in [0.25, 0.3) is 10.0 Å². The molecule has 0 radical (unpaired) electrons. The Morgan fingerprint density at radius 2 is 2.04 bits per heavy atom. The number of ether oxygens (including phenoxy) is 1. The fourth-order valence-electron chi connectivity index (χ4n) is 1.49. The van der Waals surface area contributed by atoms with Crippen LogP contribution < -0.4 is 21.3 Å². The minimum atomic E-state index is -3.80. The van der Waals surface area contributed by atoms with Gasteiger partial charge >= 0.3 is 0 Å². The monoisotopic (exact) mass is 365 g/mol. The lowest BCUT2D eigenvalue weighted by Crippen LogP contribution is -2.31. The van der Waals surface area contributed by atoms with Crippen LogP contribution in [0.4, 0.5) is 5.13 Å². The van der Waals surface area contributed by atoms with Gasteiger partial charge in [-0.1, -0.05) is 0 Å². The van der Waals surface area contributed by atoms with Crippen molar-refractivity contribution in [2.45, 2.75) is 25.3 Å². The van der Waals surface area contributed by atoms with Gasteiger partial charge in [0.05, 0.1) is 19.6 Å². The summed E-state index contributed by atoms with van der Waals surface area (Å²) in [6.07, 6.45) is 0.0918. The largest absolute Gasteiger partial charge is 0.380 e. The van der Waals surface area contributed by atoms with Crippen molar-refractivity contribution in [2.75, 3.05) is 25.1 Å². The summed E-state index contributed by atoms with van der Waals surface area (Å²) >= 11 is 1.07. The maximum Gasteiger partial charge on any atom is 0.259 e. The number of carbonyl (C=O) groups excluding carboxylic acids is 2. The van der Waals surface area contributed by atoms with E-state index in [0.29, 0.717) is 4.88 Å². The molecule has 12 heteroatoms. The van der Waals surface area contributed by atoms with Gasteiger partial charge in [0, 0.05) is 18.3 Å². The summed E-state index contributed by atoms with van der Waals surface area (Å²) in [7, 11) is -3.80. The molecule has 1 aromatic rings. The highest BCUT2D eigenvalue weighted by molar-refractivity contribution is 7.89. The van der Waals surface area contributed by atoms with E-state index in [0.717, 1.165) is 11.3 Å². The Morgan fingerprint density at radius 3 is 2.65 bits per heavy atom. The number of nitrogens with two attached hydrogens (primary N) is 1. The highest BCUT2D eigenvalue weighted by Gasteiger charge is 2.21. The first-order valence-electron chi connectivity index (χ1n) is 6.58. The van der Waals surface area contributed by atoms with E-state index < -0.39 is 10.0 Å². The molecule has 0 unspecified atom stereocenters. The van der Waals surface area contributed by atoms with Gasteiger partial charge in [-0.05, 0) is 6.92 Å². The summed E-state index contributed by atoms with van der Waals surface area (Å²) in [6, 6.07) is 0. The first kappa shape index (κ1) is 19.4. The molecule has 1 aromatic heterocycles. The summed E-state index contributed by atoms with van der Waals surface area (Å²) in [5.41, 5.74) is 1.96. The van der Waals surface area contributed by atoms with Gasteiger partial charge < -0.3 is 10.1 Å². The normalized spacial score (nSPS) is 11.3. The first-order chi connectivity index (χ1) is 10.8. The van der Waals surface area contributed by atoms with Crippen LogP contribution in [0.15, 0.2) is 5.03 Å². The smallest absolute Gasteiger partial charge is 0.259 e. The molecule has 1 heterocycles. The zero-order chi connectivity index (χ0) is 17.5. The number of amides is 2. The second-order valence-corrected chi connectivity index (χ2v) is 7.27. The average molecular weight is 365 g/mol. The summed E-state index contributed by atoms with van der Waals surface area (Å²) in [6.45, 7) is 3.16. The molecule has 23 heavy (non-hydrogen) atoms. The zero-order valence-corrected chi connectivity index (χ0v) is 14.3. The lowest BCUT2D eigenvalue weighted by Gasteiger charge is -2.06. The number of anilines is 1. The lowest BCUT2D eigenvalue weighted by atomic mass is 10.4. The molecule has 0 bridgehead atoms. The zero-order valence-electron chi connectivity index (χ0n) is 12.7. The van der Waals surface area contributed by atoms with Crippen molar-refractivity contribution in [3.8, 4) is 0 Å². The number of nitrogens with one attached hydrogen (secondary N) is 3. The molecule has 0 saturated carbocycles. The van der Waals surface area contributed by atoms with Crippen LogP contribution in [0.1, 0.15) is 18.2 Å². The third-order valence-electron chi connectivity index (χ3n) is 2.46. The van der Waals surface area contributed by atoms with Crippen LogP contribution in [-0.2, 0) is 24.3 Å². The molecule has 1 rings (SSSR count). The predicted octanol–water partition coefficient (Wildman–Crippen LogP) is -0.915. The van der Waals surface area contributed by atoms with E-state index in [1.54, 1.807) is 6.92 Å². The number of hydrogen-bond donors (Lipinski definition) is 4. The number of hydrazine groups is 1. The second kappa shape index (κ2) is 8.88. The molecule has 0 spiro atoms. The number of hydrogen-bond acceptors (Lipinski definition) is 8. The van der Waals surface area contributed by atoms with Crippen LogP contribution in [0.3, 0.4) is 0 Å². The molecular weight excluding hydrogens is 346 g/mol. The summed E-state index contributed by atoms with van der Waals surface area (Å²) in [4.78, 5) is 26.2. The molecule has 0 aliphatic carbocycles. The van der Waals surface area contributed by atoms with E-state index in [2.05, 4.69) is 15.0 Å². The van der Waals surface area contributed by atoms with Gasteiger partial charge in [0.15, 0.2) is 10.2 Å². The van der Waals surface area contributed by atoms with Crippen LogP contribution in [0.2, 0.25) is 0 Å². The molecule has 0 fully saturated rings. The van der Waals surface area contributed by atoms with Crippen molar-refractivity contribution in [3.63, 3.8) is 0 Å². The van der Waals surface area contributed by atoms with E-state index in [1.165, 1.54) is 6.92 Å².